The van der Waals surface area contributed by atoms with Crippen molar-refractivity contribution in [3.63, 3.8) is 0 Å². The molecule has 2 saturated heterocycles. The Labute approximate surface area is 329 Å². The highest BCUT2D eigenvalue weighted by molar-refractivity contribution is 14.1. The molecule has 3 fully saturated rings. The number of fused-ring (bicyclic) bond motifs is 1. The number of carbonyl (C=O) groups excluding carboxylic acids is 2. The van der Waals surface area contributed by atoms with Crippen LogP contribution in [0.25, 0.3) is 16.6 Å². The van der Waals surface area contributed by atoms with Crippen LogP contribution in [0.4, 0.5) is 27.3 Å². The second-order valence-electron chi connectivity index (χ2n) is 14.8. The Morgan fingerprint density at radius 3 is 2.31 bits per heavy atom. The van der Waals surface area contributed by atoms with Gasteiger partial charge in [-0.15, -0.1) is 0 Å². The Morgan fingerprint density at radius 2 is 1.62 bits per heavy atom. The maximum atomic E-state index is 15.1. The quantitative estimate of drug-likeness (QED) is 0.124. The summed E-state index contributed by atoms with van der Waals surface area (Å²) in [4.78, 5) is 68.4. The Morgan fingerprint density at radius 1 is 0.873 bits per heavy atom. The van der Waals surface area contributed by atoms with Crippen molar-refractivity contribution >= 4 is 68.2 Å². The van der Waals surface area contributed by atoms with Gasteiger partial charge >= 0.3 is 5.69 Å². The van der Waals surface area contributed by atoms with E-state index in [4.69, 9.17) is 0 Å². The maximum absolute atomic E-state index is 15.1. The van der Waals surface area contributed by atoms with Gasteiger partial charge in [-0.2, -0.15) is 0 Å². The molecule has 4 heterocycles. The first kappa shape index (κ1) is 36.7. The molecule has 3 aromatic carbocycles. The minimum Gasteiger partial charge on any atom is -0.385 e. The van der Waals surface area contributed by atoms with Gasteiger partial charge < -0.3 is 15.5 Å². The van der Waals surface area contributed by atoms with Gasteiger partial charge in [0.15, 0.2) is 0 Å². The second kappa shape index (κ2) is 14.8. The lowest BCUT2D eigenvalue weighted by atomic mass is 9.90. The summed E-state index contributed by atoms with van der Waals surface area (Å²) in [6.07, 6.45) is 4.20. The first-order chi connectivity index (χ1) is 26.5. The highest BCUT2D eigenvalue weighted by Gasteiger charge is 2.32. The number of hydrogen-bond acceptors (Lipinski definition) is 8. The van der Waals surface area contributed by atoms with Crippen LogP contribution in [0.1, 0.15) is 61.6 Å². The van der Waals surface area contributed by atoms with Gasteiger partial charge in [-0.3, -0.25) is 38.2 Å². The van der Waals surface area contributed by atoms with Gasteiger partial charge in [0.1, 0.15) is 17.0 Å². The van der Waals surface area contributed by atoms with Crippen LogP contribution in [0, 0.1) is 22.2 Å². The van der Waals surface area contributed by atoms with Gasteiger partial charge in [-0.05, 0) is 122 Å². The third-order valence-corrected chi connectivity index (χ3v) is 11.8. The lowest BCUT2D eigenvalue weighted by Gasteiger charge is -2.34. The first-order valence-corrected chi connectivity index (χ1v) is 19.7. The fourth-order valence-corrected chi connectivity index (χ4v) is 8.37. The van der Waals surface area contributed by atoms with Crippen molar-refractivity contribution in [2.75, 3.05) is 35.2 Å². The van der Waals surface area contributed by atoms with Gasteiger partial charge in [-0.25, -0.2) is 9.18 Å². The molecule has 3 aliphatic rings. The van der Waals surface area contributed by atoms with Gasteiger partial charge in [0, 0.05) is 59.7 Å². The molecular formula is C41H41FIN7O5. The number of piperidine rings is 2. The molecule has 2 amide bonds. The minimum atomic E-state index is -0.533. The highest BCUT2D eigenvalue weighted by Crippen LogP contribution is 2.35. The SMILES string of the molecule is Cc1c(=O)n(C)c(Nc2ccc(I)cc2F)c2c(=O)n(C3CC3)c(=O)n(-c3cccc(NCC4CCN(c5ccc([C@@H]6CCC(=O)NC6=O)cc5)CC4)c3)c12. The van der Waals surface area contributed by atoms with E-state index in [9.17, 15) is 24.0 Å². The normalized spacial score (nSPS) is 17.7. The molecule has 55 heavy (non-hydrogen) atoms. The van der Waals surface area contributed by atoms with Gasteiger partial charge in [-0.1, -0.05) is 18.2 Å². The molecule has 284 valence electrons. The van der Waals surface area contributed by atoms with E-state index >= 15 is 4.39 Å². The first-order valence-electron chi connectivity index (χ1n) is 18.6. The monoisotopic (exact) mass is 857 g/mol. The number of anilines is 4. The molecule has 0 unspecified atom stereocenters. The summed E-state index contributed by atoms with van der Waals surface area (Å²) in [5.41, 5.74) is 2.42. The number of nitrogens with zero attached hydrogens (tertiary/aromatic N) is 4. The van der Waals surface area contributed by atoms with Crippen molar-refractivity contribution in [1.29, 1.82) is 0 Å². The predicted octanol–water partition coefficient (Wildman–Crippen LogP) is 5.83. The zero-order valence-corrected chi connectivity index (χ0v) is 32.7. The largest absolute Gasteiger partial charge is 0.385 e. The average Bonchev–Trinajstić information content (AvgIpc) is 4.01. The molecule has 5 aromatic rings. The predicted molar refractivity (Wildman–Crippen MR) is 219 cm³/mol. The lowest BCUT2D eigenvalue weighted by molar-refractivity contribution is -0.134. The van der Waals surface area contributed by atoms with E-state index in [0.29, 0.717) is 40.9 Å². The van der Waals surface area contributed by atoms with Crippen molar-refractivity contribution in [1.82, 2.24) is 19.0 Å². The van der Waals surface area contributed by atoms with Crippen LogP contribution < -0.4 is 37.7 Å². The fraction of sp³-hybridized carbons (Fsp3) is 0.341. The van der Waals surface area contributed by atoms with Crippen molar-refractivity contribution in [2.45, 2.75) is 57.4 Å². The minimum absolute atomic E-state index is 0.107. The molecule has 0 bridgehead atoms. The molecule has 1 saturated carbocycles. The van der Waals surface area contributed by atoms with Crippen molar-refractivity contribution in [3.05, 3.63) is 118 Å². The number of imide groups is 1. The molecule has 2 aliphatic heterocycles. The summed E-state index contributed by atoms with van der Waals surface area (Å²) in [5.74, 6) is -0.760. The average molecular weight is 858 g/mol. The molecule has 2 aromatic heterocycles. The van der Waals surface area contributed by atoms with E-state index in [-0.39, 0.29) is 51.7 Å². The zero-order valence-electron chi connectivity index (χ0n) is 30.5. The fourth-order valence-electron chi connectivity index (χ4n) is 7.92. The summed E-state index contributed by atoms with van der Waals surface area (Å²) in [6, 6.07) is 19.9. The van der Waals surface area contributed by atoms with Crippen LogP contribution in [0.2, 0.25) is 0 Å². The second-order valence-corrected chi connectivity index (χ2v) is 16.0. The molecule has 8 rings (SSSR count). The van der Waals surface area contributed by atoms with Crippen molar-refractivity contribution in [2.24, 2.45) is 13.0 Å². The van der Waals surface area contributed by atoms with Crippen LogP contribution >= 0.6 is 22.6 Å². The standard InChI is InChI=1S/C41H41FIN7O5/c1-23-36-35(37(47(2)39(23)53)45-33-14-8-26(43)20-32(33)42)40(54)50(29-11-12-29)41(55)49(36)30-5-3-4-27(21-30)44-22-24-16-18-48(19-17-24)28-9-6-25(7-10-28)31-13-15-34(51)46-38(31)52/h3-10,14,20-21,24,29,31,44-45H,11-13,15-19,22H2,1-2H3,(H,46,51,52)/t31-/m0/s1. The molecule has 1 aliphatic carbocycles. The number of aryl methyl sites for hydroxylation is 1. The lowest BCUT2D eigenvalue weighted by Crippen LogP contribution is -2.41. The van der Waals surface area contributed by atoms with Gasteiger partial charge in [0.05, 0.1) is 22.8 Å². The number of aromatic nitrogens is 3. The summed E-state index contributed by atoms with van der Waals surface area (Å²) < 4.78 is 19.8. The van der Waals surface area contributed by atoms with E-state index in [1.807, 2.05) is 52.9 Å². The zero-order chi connectivity index (χ0) is 38.5. The smallest absolute Gasteiger partial charge is 0.336 e. The van der Waals surface area contributed by atoms with Crippen molar-refractivity contribution < 1.29 is 14.0 Å². The van der Waals surface area contributed by atoms with Gasteiger partial charge in [0.25, 0.3) is 11.1 Å². The molecule has 14 heteroatoms. The Bertz CT molecular complexity index is 2530. The molecule has 3 N–H and O–H groups in total. The summed E-state index contributed by atoms with van der Waals surface area (Å²) in [7, 11) is 1.53. The van der Waals surface area contributed by atoms with E-state index in [2.05, 4.69) is 33.0 Å². The third-order valence-electron chi connectivity index (χ3n) is 11.2. The number of amides is 2. The number of carbonyl (C=O) groups is 2. The number of rotatable bonds is 9. The van der Waals surface area contributed by atoms with Crippen LogP contribution in [-0.4, -0.2) is 45.1 Å². The third kappa shape index (κ3) is 7.07. The molecule has 1 atom stereocenters. The van der Waals surface area contributed by atoms with Crippen molar-refractivity contribution in [3.8, 4) is 5.69 Å². The Balaban J connectivity index is 1.04. The Kier molecular flexibility index (Phi) is 9.86. The number of hydrogen-bond donors (Lipinski definition) is 3. The molecular weight excluding hydrogens is 816 g/mol. The summed E-state index contributed by atoms with van der Waals surface area (Å²) >= 11 is 2.02. The topological polar surface area (TPSA) is 139 Å². The molecule has 12 nitrogen and oxygen atoms in total. The van der Waals surface area contributed by atoms with Gasteiger partial charge in [0.2, 0.25) is 11.8 Å². The van der Waals surface area contributed by atoms with Crippen LogP contribution in [0.3, 0.4) is 0 Å². The number of halogens is 2. The summed E-state index contributed by atoms with van der Waals surface area (Å²) in [6.45, 7) is 4.09. The number of pyridine rings is 1. The maximum Gasteiger partial charge on any atom is 0.336 e. The van der Waals surface area contributed by atoms with E-state index in [1.165, 1.54) is 26.8 Å². The number of nitrogens with one attached hydrogen (secondary N) is 3. The van der Waals surface area contributed by atoms with E-state index in [0.717, 1.165) is 49.4 Å². The Hall–Kier alpha value is -5.25. The van der Waals surface area contributed by atoms with E-state index in [1.54, 1.807) is 25.1 Å². The van der Waals surface area contributed by atoms with Crippen LogP contribution in [0.5, 0.6) is 0 Å². The molecule has 0 spiro atoms. The highest BCUT2D eigenvalue weighted by atomic mass is 127. The molecule has 0 radical (unpaired) electrons. The number of benzene rings is 3. The van der Waals surface area contributed by atoms with Crippen LogP contribution in [-0.2, 0) is 16.6 Å². The van der Waals surface area contributed by atoms with E-state index < -0.39 is 22.6 Å². The summed E-state index contributed by atoms with van der Waals surface area (Å²) in [5, 5.41) is 9.16. The van der Waals surface area contributed by atoms with Crippen LogP contribution in [0.15, 0.2) is 81.1 Å².